The van der Waals surface area contributed by atoms with Crippen LogP contribution in [0.5, 0.6) is 0 Å². The average Bonchev–Trinajstić information content (AvgIpc) is 2.10. The first-order valence-electron chi connectivity index (χ1n) is 5.60. The van der Waals surface area contributed by atoms with Gasteiger partial charge in [-0.25, -0.2) is 15.4 Å². The van der Waals surface area contributed by atoms with Crippen LogP contribution in [-0.2, 0) is 0 Å². The maximum atomic E-state index is 8.47. The van der Waals surface area contributed by atoms with Crippen LogP contribution >= 0.6 is 0 Å². The Balaban J connectivity index is 0.000000557. The molecule has 1 saturated carbocycles. The topological polar surface area (TPSA) is 125 Å². The monoisotopic (exact) mass is 247 g/mol. The normalized spacial score (nSPS) is 26.3. The van der Waals surface area contributed by atoms with Crippen molar-refractivity contribution in [2.45, 2.75) is 46.1 Å². The summed E-state index contributed by atoms with van der Waals surface area (Å²) in [6, 6.07) is 0.297. The molecule has 0 spiro atoms. The molecule has 100 valence electrons. The fourth-order valence-electron chi connectivity index (χ4n) is 2.42. The van der Waals surface area contributed by atoms with Gasteiger partial charge in [-0.05, 0) is 24.2 Å². The van der Waals surface area contributed by atoms with E-state index in [1.165, 1.54) is 19.3 Å². The van der Waals surface area contributed by atoms with Crippen molar-refractivity contribution in [3.8, 4) is 0 Å². The van der Waals surface area contributed by atoms with Crippen LogP contribution in [0.1, 0.15) is 40.0 Å². The first-order valence-corrected chi connectivity index (χ1v) is 5.60. The van der Waals surface area contributed by atoms with E-state index in [0.717, 1.165) is 0 Å². The Morgan fingerprint density at radius 2 is 1.88 bits per heavy atom. The largest absolute Gasteiger partial charge is 0.472 e. The van der Waals surface area contributed by atoms with Crippen LogP contribution in [0.15, 0.2) is 4.99 Å². The highest BCUT2D eigenvalue weighted by atomic mass is 16.9. The van der Waals surface area contributed by atoms with Crippen LogP contribution in [0.4, 0.5) is 0 Å². The molecule has 0 aromatic heterocycles. The van der Waals surface area contributed by atoms with Crippen molar-refractivity contribution >= 4 is 5.96 Å². The molecule has 17 heavy (non-hydrogen) atoms. The van der Waals surface area contributed by atoms with Gasteiger partial charge in [-0.15, -0.1) is 0 Å². The van der Waals surface area contributed by atoms with Crippen molar-refractivity contribution in [3.05, 3.63) is 4.91 Å². The second-order valence-corrected chi connectivity index (χ2v) is 5.11. The first kappa shape index (κ1) is 15.5. The quantitative estimate of drug-likeness (QED) is 0.313. The molecule has 6 N–H and O–H groups in total. The third kappa shape index (κ3) is 5.94. The minimum atomic E-state index is -1.25. The molecular formula is C10H23N4O3+. The van der Waals surface area contributed by atoms with Crippen molar-refractivity contribution in [3.63, 3.8) is 0 Å². The van der Waals surface area contributed by atoms with Gasteiger partial charge in [0.2, 0.25) is 0 Å². The standard InChI is InChI=1S/C10H21N3.H2NO3/c1-7-5-4-6-10(2,3)8(7)13-9(11)12;2-1(3)4/h7-8H,4-6H2,1-3H3,(H4,11,12,13);(H2,2,3,4)/q;+1. The average molecular weight is 247 g/mol. The number of aliphatic imine (C=N–C) groups is 1. The predicted molar refractivity (Wildman–Crippen MR) is 63.6 cm³/mol. The zero-order valence-corrected chi connectivity index (χ0v) is 10.6. The lowest BCUT2D eigenvalue weighted by atomic mass is 9.69. The molecule has 1 rings (SSSR count). The first-order chi connectivity index (χ1) is 7.66. The lowest BCUT2D eigenvalue weighted by Gasteiger charge is -2.40. The molecule has 0 aromatic rings. The van der Waals surface area contributed by atoms with Crippen molar-refractivity contribution in [2.24, 2.45) is 27.8 Å². The summed E-state index contributed by atoms with van der Waals surface area (Å²) in [5.41, 5.74) is 11.1. The van der Waals surface area contributed by atoms with Gasteiger partial charge in [0.05, 0.1) is 6.04 Å². The number of guanidine groups is 1. The third-order valence-electron chi connectivity index (χ3n) is 3.11. The second kappa shape index (κ2) is 6.27. The molecule has 2 atom stereocenters. The van der Waals surface area contributed by atoms with Gasteiger partial charge in [-0.2, -0.15) is 0 Å². The van der Waals surface area contributed by atoms with E-state index < -0.39 is 5.09 Å². The summed E-state index contributed by atoms with van der Waals surface area (Å²) in [6.45, 7) is 6.73. The third-order valence-corrected chi connectivity index (χ3v) is 3.11. The summed E-state index contributed by atoms with van der Waals surface area (Å²) in [7, 11) is 0. The molecule has 2 unspecified atom stereocenters. The zero-order chi connectivity index (χ0) is 13.6. The molecule has 1 aliphatic rings. The summed E-state index contributed by atoms with van der Waals surface area (Å²) in [5.74, 6) is 0.831. The molecule has 0 bridgehead atoms. The molecule has 0 amide bonds. The highest BCUT2D eigenvalue weighted by Gasteiger charge is 2.36. The van der Waals surface area contributed by atoms with Crippen molar-refractivity contribution < 1.29 is 15.5 Å². The minimum Gasteiger partial charge on any atom is -0.370 e. The molecule has 0 heterocycles. The second-order valence-electron chi connectivity index (χ2n) is 5.11. The van der Waals surface area contributed by atoms with Crippen LogP contribution < -0.4 is 11.5 Å². The Morgan fingerprint density at radius 1 is 1.41 bits per heavy atom. The van der Waals surface area contributed by atoms with Gasteiger partial charge in [0, 0.05) is 0 Å². The highest BCUT2D eigenvalue weighted by molar-refractivity contribution is 5.75. The Kier molecular flexibility index (Phi) is 5.70. The summed E-state index contributed by atoms with van der Waals surface area (Å²) >= 11 is 0. The number of rotatable bonds is 1. The maximum absolute atomic E-state index is 8.47. The lowest BCUT2D eigenvalue weighted by molar-refractivity contribution is -0.969. The molecule has 0 radical (unpaired) electrons. The molecule has 7 nitrogen and oxygen atoms in total. The van der Waals surface area contributed by atoms with E-state index in [4.69, 9.17) is 26.8 Å². The van der Waals surface area contributed by atoms with E-state index in [1.54, 1.807) is 0 Å². The fraction of sp³-hybridized carbons (Fsp3) is 0.900. The number of nitrogens with two attached hydrogens (primary N) is 2. The summed E-state index contributed by atoms with van der Waals surface area (Å²) < 4.78 is 0. The van der Waals surface area contributed by atoms with Gasteiger partial charge in [-0.3, -0.25) is 0 Å². The lowest BCUT2D eigenvalue weighted by Crippen LogP contribution is -2.40. The van der Waals surface area contributed by atoms with Crippen LogP contribution in [0.25, 0.3) is 0 Å². The van der Waals surface area contributed by atoms with E-state index in [-0.39, 0.29) is 11.4 Å². The predicted octanol–water partition coefficient (Wildman–Crippen LogP) is 1.02. The molecular weight excluding hydrogens is 224 g/mol. The summed E-state index contributed by atoms with van der Waals surface area (Å²) in [6.07, 6.45) is 3.76. The van der Waals surface area contributed by atoms with Gasteiger partial charge >= 0.3 is 5.09 Å². The Bertz CT molecular complexity index is 283. The van der Waals surface area contributed by atoms with E-state index in [2.05, 4.69) is 25.8 Å². The molecule has 0 saturated heterocycles. The Labute approximate surface area is 101 Å². The summed E-state index contributed by atoms with van der Waals surface area (Å²) in [5, 5.41) is 12.5. The fourth-order valence-corrected chi connectivity index (χ4v) is 2.42. The molecule has 1 aliphatic carbocycles. The SMILES string of the molecule is CC1CCCC(C)(C)C1N=C(N)N.O=[N+](O)O. The Morgan fingerprint density at radius 3 is 2.24 bits per heavy atom. The van der Waals surface area contributed by atoms with E-state index in [9.17, 15) is 0 Å². The van der Waals surface area contributed by atoms with Crippen molar-refractivity contribution in [1.29, 1.82) is 0 Å². The molecule has 0 aliphatic heterocycles. The zero-order valence-electron chi connectivity index (χ0n) is 10.6. The highest BCUT2D eigenvalue weighted by Crippen LogP contribution is 2.40. The van der Waals surface area contributed by atoms with Crippen LogP contribution in [0, 0.1) is 16.2 Å². The molecule has 1 fully saturated rings. The van der Waals surface area contributed by atoms with Crippen molar-refractivity contribution in [2.75, 3.05) is 0 Å². The van der Waals surface area contributed by atoms with Crippen molar-refractivity contribution in [1.82, 2.24) is 0 Å². The van der Waals surface area contributed by atoms with Crippen LogP contribution in [0.2, 0.25) is 0 Å². The number of hydrogen-bond donors (Lipinski definition) is 4. The number of hydrogen-bond acceptors (Lipinski definition) is 2. The van der Waals surface area contributed by atoms with E-state index in [0.29, 0.717) is 12.0 Å². The van der Waals surface area contributed by atoms with E-state index in [1.807, 2.05) is 0 Å². The number of nitrogens with zero attached hydrogens (tertiary/aromatic N) is 2. The van der Waals surface area contributed by atoms with Gasteiger partial charge in [0.15, 0.2) is 5.96 Å². The van der Waals surface area contributed by atoms with Gasteiger partial charge in [-0.1, -0.05) is 27.2 Å². The van der Waals surface area contributed by atoms with Crippen LogP contribution in [0.3, 0.4) is 0 Å². The van der Waals surface area contributed by atoms with Gasteiger partial charge in [0.25, 0.3) is 0 Å². The molecule has 0 aromatic carbocycles. The minimum absolute atomic E-state index is 0.229. The summed E-state index contributed by atoms with van der Waals surface area (Å²) in [4.78, 5) is 12.8. The molecule has 7 heteroatoms. The maximum Gasteiger partial charge on any atom is 0.472 e. The Hall–Kier alpha value is -1.53. The van der Waals surface area contributed by atoms with Gasteiger partial charge < -0.3 is 11.5 Å². The van der Waals surface area contributed by atoms with Gasteiger partial charge in [0.1, 0.15) is 4.91 Å². The smallest absolute Gasteiger partial charge is 0.370 e. The van der Waals surface area contributed by atoms with E-state index >= 15 is 0 Å². The van der Waals surface area contributed by atoms with Crippen LogP contribution in [-0.4, -0.2) is 27.5 Å².